The maximum atomic E-state index is 4.42. The number of para-hydroxylation sites is 1. The molecule has 0 unspecified atom stereocenters. The fourth-order valence-electron chi connectivity index (χ4n) is 1.77. The lowest BCUT2D eigenvalue weighted by atomic mass is 10.2. The topological polar surface area (TPSA) is 3.24 Å². The van der Waals surface area contributed by atoms with Gasteiger partial charge in [-0.25, -0.2) is 0 Å². The molecular weight excluding hydrogens is 214 g/mol. The summed E-state index contributed by atoms with van der Waals surface area (Å²) in [7, 11) is 0. The number of hydrogen-bond donors (Lipinski definition) is 1. The molecule has 0 radical (unpaired) electrons. The zero-order chi connectivity index (χ0) is 11.8. The van der Waals surface area contributed by atoms with Crippen LogP contribution in [0, 0.1) is 0 Å². The molecule has 0 heterocycles. The van der Waals surface area contributed by atoms with Crippen molar-refractivity contribution in [2.75, 3.05) is 17.2 Å². The van der Waals surface area contributed by atoms with Crippen LogP contribution in [0.5, 0.6) is 0 Å². The summed E-state index contributed by atoms with van der Waals surface area (Å²) in [6, 6.07) is 10.5. The van der Waals surface area contributed by atoms with Gasteiger partial charge in [-0.05, 0) is 25.0 Å². The fourth-order valence-corrected chi connectivity index (χ4v) is 2.07. The van der Waals surface area contributed by atoms with Gasteiger partial charge in [0.25, 0.3) is 0 Å². The van der Waals surface area contributed by atoms with Gasteiger partial charge in [0.05, 0.1) is 0 Å². The van der Waals surface area contributed by atoms with Crippen LogP contribution in [0.4, 0.5) is 5.69 Å². The van der Waals surface area contributed by atoms with Gasteiger partial charge >= 0.3 is 0 Å². The van der Waals surface area contributed by atoms with Gasteiger partial charge in [-0.15, -0.1) is 0 Å². The first-order valence-corrected chi connectivity index (χ1v) is 6.59. The number of hydrogen-bond acceptors (Lipinski definition) is 2. The van der Waals surface area contributed by atoms with Crippen molar-refractivity contribution in [2.45, 2.75) is 26.7 Å². The van der Waals surface area contributed by atoms with Crippen molar-refractivity contribution in [2.24, 2.45) is 0 Å². The smallest absolute Gasteiger partial charge is 0.0408 e. The molecule has 0 aromatic heterocycles. The van der Waals surface area contributed by atoms with E-state index in [2.05, 4.69) is 67.8 Å². The molecule has 1 rings (SSSR count). The molecule has 1 nitrogen and oxygen atoms in total. The van der Waals surface area contributed by atoms with Crippen LogP contribution in [0.3, 0.4) is 0 Å². The van der Waals surface area contributed by atoms with Gasteiger partial charge in [-0.1, -0.05) is 38.1 Å². The number of rotatable bonds is 6. The number of nitrogens with zero attached hydrogens (tertiary/aromatic N) is 1. The minimum atomic E-state index is 0.794. The van der Waals surface area contributed by atoms with Crippen molar-refractivity contribution in [3.63, 3.8) is 0 Å². The molecule has 0 aliphatic heterocycles. The van der Waals surface area contributed by atoms with E-state index in [1.165, 1.54) is 11.4 Å². The lowest BCUT2D eigenvalue weighted by molar-refractivity contribution is 0.845. The number of anilines is 1. The molecule has 88 valence electrons. The predicted molar refractivity (Wildman–Crippen MR) is 76.3 cm³/mol. The van der Waals surface area contributed by atoms with Crippen molar-refractivity contribution in [1.29, 1.82) is 0 Å². The monoisotopic (exact) mass is 235 g/mol. The minimum Gasteiger partial charge on any atom is -0.345 e. The summed E-state index contributed by atoms with van der Waals surface area (Å²) < 4.78 is 0. The Morgan fingerprint density at radius 1 is 1.25 bits per heavy atom. The lowest BCUT2D eigenvalue weighted by Crippen LogP contribution is -2.24. The maximum absolute atomic E-state index is 4.42. The standard InChI is InChI=1S/C14H21NS/c1-3-8-14(12-16)15(11-4-2)13-9-6-5-7-10-13/h5-10,16H,3-4,11-12H2,1-2H3/b14-8-. The number of allylic oxidation sites excluding steroid dienone is 1. The zero-order valence-corrected chi connectivity index (χ0v) is 11.1. The van der Waals surface area contributed by atoms with Crippen LogP contribution in [-0.2, 0) is 0 Å². The molecule has 0 atom stereocenters. The lowest BCUT2D eigenvalue weighted by Gasteiger charge is -2.26. The Morgan fingerprint density at radius 2 is 1.94 bits per heavy atom. The Hall–Kier alpha value is -0.890. The molecule has 2 heteroatoms. The summed E-state index contributed by atoms with van der Waals surface area (Å²) in [6.45, 7) is 5.42. The van der Waals surface area contributed by atoms with E-state index in [-0.39, 0.29) is 0 Å². The first-order valence-electron chi connectivity index (χ1n) is 5.96. The van der Waals surface area contributed by atoms with Crippen molar-refractivity contribution in [3.05, 3.63) is 42.1 Å². The fraction of sp³-hybridized carbons (Fsp3) is 0.429. The summed E-state index contributed by atoms with van der Waals surface area (Å²) in [4.78, 5) is 2.36. The summed E-state index contributed by atoms with van der Waals surface area (Å²) in [6.07, 6.45) is 4.46. The summed E-state index contributed by atoms with van der Waals surface area (Å²) >= 11 is 4.42. The first-order chi connectivity index (χ1) is 7.83. The molecule has 0 amide bonds. The minimum absolute atomic E-state index is 0.794. The highest BCUT2D eigenvalue weighted by atomic mass is 32.1. The third-order valence-corrected chi connectivity index (χ3v) is 2.79. The van der Waals surface area contributed by atoms with E-state index in [9.17, 15) is 0 Å². The highest BCUT2D eigenvalue weighted by Crippen LogP contribution is 2.20. The van der Waals surface area contributed by atoms with Crippen LogP contribution in [0.15, 0.2) is 42.1 Å². The van der Waals surface area contributed by atoms with Crippen LogP contribution in [0.2, 0.25) is 0 Å². The van der Waals surface area contributed by atoms with Gasteiger partial charge in [-0.2, -0.15) is 12.6 Å². The molecule has 0 saturated carbocycles. The normalized spacial score (nSPS) is 11.6. The van der Waals surface area contributed by atoms with Gasteiger partial charge in [0.2, 0.25) is 0 Å². The number of thiol groups is 1. The van der Waals surface area contributed by atoms with Gasteiger partial charge in [0.15, 0.2) is 0 Å². The molecule has 1 aromatic carbocycles. The highest BCUT2D eigenvalue weighted by Gasteiger charge is 2.08. The third kappa shape index (κ3) is 3.60. The van der Waals surface area contributed by atoms with Crippen LogP contribution in [0.25, 0.3) is 0 Å². The van der Waals surface area contributed by atoms with E-state index < -0.39 is 0 Å². The Labute approximate surface area is 105 Å². The molecule has 0 N–H and O–H groups in total. The Morgan fingerprint density at radius 3 is 2.44 bits per heavy atom. The van der Waals surface area contributed by atoms with Gasteiger partial charge in [0, 0.05) is 23.7 Å². The van der Waals surface area contributed by atoms with E-state index in [0.717, 1.165) is 25.1 Å². The van der Waals surface area contributed by atoms with E-state index in [0.29, 0.717) is 0 Å². The van der Waals surface area contributed by atoms with Crippen LogP contribution in [-0.4, -0.2) is 12.3 Å². The second kappa shape index (κ2) is 7.39. The van der Waals surface area contributed by atoms with E-state index >= 15 is 0 Å². The van der Waals surface area contributed by atoms with E-state index in [4.69, 9.17) is 0 Å². The van der Waals surface area contributed by atoms with Gasteiger partial charge in [-0.3, -0.25) is 0 Å². The molecular formula is C14H21NS. The molecule has 1 aromatic rings. The average Bonchev–Trinajstić information content (AvgIpc) is 2.35. The van der Waals surface area contributed by atoms with Crippen molar-refractivity contribution in [3.8, 4) is 0 Å². The van der Waals surface area contributed by atoms with Crippen molar-refractivity contribution in [1.82, 2.24) is 0 Å². The highest BCUT2D eigenvalue weighted by molar-refractivity contribution is 7.80. The summed E-state index contributed by atoms with van der Waals surface area (Å²) in [5, 5.41) is 0. The summed E-state index contributed by atoms with van der Waals surface area (Å²) in [5.41, 5.74) is 2.57. The number of benzene rings is 1. The van der Waals surface area contributed by atoms with E-state index in [1.54, 1.807) is 0 Å². The third-order valence-electron chi connectivity index (χ3n) is 2.46. The van der Waals surface area contributed by atoms with Crippen LogP contribution in [0.1, 0.15) is 26.7 Å². The average molecular weight is 235 g/mol. The summed E-state index contributed by atoms with van der Waals surface area (Å²) in [5.74, 6) is 0.794. The molecule has 0 saturated heterocycles. The second-order valence-electron chi connectivity index (χ2n) is 3.75. The van der Waals surface area contributed by atoms with Gasteiger partial charge < -0.3 is 4.90 Å². The largest absolute Gasteiger partial charge is 0.345 e. The maximum Gasteiger partial charge on any atom is 0.0408 e. The Balaban J connectivity index is 2.94. The van der Waals surface area contributed by atoms with Crippen LogP contribution < -0.4 is 4.90 Å². The van der Waals surface area contributed by atoms with Crippen molar-refractivity contribution < 1.29 is 0 Å². The molecule has 16 heavy (non-hydrogen) atoms. The molecule has 0 aliphatic rings. The predicted octanol–water partition coefficient (Wildman–Crippen LogP) is 4.13. The SMILES string of the molecule is CC/C=C(/CS)N(CCC)c1ccccc1. The zero-order valence-electron chi connectivity index (χ0n) is 10.2. The second-order valence-corrected chi connectivity index (χ2v) is 4.07. The van der Waals surface area contributed by atoms with Crippen LogP contribution >= 0.6 is 12.6 Å². The Bertz CT molecular complexity index is 319. The molecule has 0 bridgehead atoms. The Kier molecular flexibility index (Phi) is 6.09. The quantitative estimate of drug-likeness (QED) is 0.726. The molecule has 0 fully saturated rings. The molecule has 0 spiro atoms. The van der Waals surface area contributed by atoms with Gasteiger partial charge in [0.1, 0.15) is 0 Å². The molecule has 0 aliphatic carbocycles. The van der Waals surface area contributed by atoms with Crippen molar-refractivity contribution >= 4 is 18.3 Å². The van der Waals surface area contributed by atoms with E-state index in [1.807, 2.05) is 0 Å². The first kappa shape index (κ1) is 13.2.